The van der Waals surface area contributed by atoms with Gasteiger partial charge in [0.05, 0.1) is 18.6 Å². The molecule has 0 spiro atoms. The first-order valence-electron chi connectivity index (χ1n) is 7.31. The number of halogens is 3. The van der Waals surface area contributed by atoms with E-state index < -0.39 is 17.6 Å². The molecule has 1 amide bonds. The summed E-state index contributed by atoms with van der Waals surface area (Å²) in [6.45, 7) is 1.84. The van der Waals surface area contributed by atoms with E-state index in [4.69, 9.17) is 0 Å². The minimum atomic E-state index is -4.47. The lowest BCUT2D eigenvalue weighted by molar-refractivity contribution is -0.138. The van der Waals surface area contributed by atoms with Gasteiger partial charge in [-0.15, -0.1) is 0 Å². The predicted octanol–water partition coefficient (Wildman–Crippen LogP) is 2.92. The van der Waals surface area contributed by atoms with E-state index in [1.165, 1.54) is 18.2 Å². The minimum Gasteiger partial charge on any atom is -0.396 e. The summed E-state index contributed by atoms with van der Waals surface area (Å²) >= 11 is 0. The molecule has 1 aliphatic rings. The molecule has 6 heteroatoms. The highest BCUT2D eigenvalue weighted by molar-refractivity contribution is 5.79. The van der Waals surface area contributed by atoms with Crippen LogP contribution in [0.25, 0.3) is 0 Å². The first kappa shape index (κ1) is 16.8. The van der Waals surface area contributed by atoms with Gasteiger partial charge in [0.1, 0.15) is 0 Å². The van der Waals surface area contributed by atoms with Crippen LogP contribution in [-0.4, -0.2) is 23.7 Å². The van der Waals surface area contributed by atoms with Crippen molar-refractivity contribution in [1.82, 2.24) is 5.32 Å². The Labute approximate surface area is 127 Å². The standard InChI is InChI=1S/C16H20F3NO2/c1-15(10-21)8-4-7-13(15)20-14(22)9-11-5-2-3-6-12(11)16(17,18)19/h2-3,5-6,13,21H,4,7-10H2,1H3,(H,20,22)/t13-,15-/m1/s1. The van der Waals surface area contributed by atoms with Gasteiger partial charge in [-0.25, -0.2) is 0 Å². The van der Waals surface area contributed by atoms with Gasteiger partial charge in [-0.05, 0) is 24.5 Å². The number of aliphatic hydroxyl groups excluding tert-OH is 1. The quantitative estimate of drug-likeness (QED) is 0.897. The van der Waals surface area contributed by atoms with Gasteiger partial charge in [0.25, 0.3) is 0 Å². The van der Waals surface area contributed by atoms with Crippen LogP contribution in [0.3, 0.4) is 0 Å². The number of amides is 1. The van der Waals surface area contributed by atoms with Gasteiger partial charge >= 0.3 is 6.18 Å². The van der Waals surface area contributed by atoms with Gasteiger partial charge in [-0.3, -0.25) is 4.79 Å². The average Bonchev–Trinajstić information content (AvgIpc) is 2.80. The smallest absolute Gasteiger partial charge is 0.396 e. The topological polar surface area (TPSA) is 49.3 Å². The van der Waals surface area contributed by atoms with E-state index in [0.29, 0.717) is 0 Å². The molecule has 2 N–H and O–H groups in total. The van der Waals surface area contributed by atoms with Crippen LogP contribution in [0.2, 0.25) is 0 Å². The second-order valence-electron chi connectivity index (χ2n) is 6.16. The van der Waals surface area contributed by atoms with E-state index in [0.717, 1.165) is 25.3 Å². The summed E-state index contributed by atoms with van der Waals surface area (Å²) in [5.74, 6) is -0.441. The Morgan fingerprint density at radius 2 is 2.09 bits per heavy atom. The average molecular weight is 315 g/mol. The maximum absolute atomic E-state index is 12.9. The molecule has 0 radical (unpaired) electrons. The highest BCUT2D eigenvalue weighted by atomic mass is 19.4. The van der Waals surface area contributed by atoms with Crippen LogP contribution in [0.15, 0.2) is 24.3 Å². The van der Waals surface area contributed by atoms with Crippen LogP contribution < -0.4 is 5.32 Å². The van der Waals surface area contributed by atoms with Gasteiger partial charge in [-0.2, -0.15) is 13.2 Å². The molecule has 0 aliphatic heterocycles. The van der Waals surface area contributed by atoms with Crippen molar-refractivity contribution in [2.24, 2.45) is 5.41 Å². The zero-order valence-corrected chi connectivity index (χ0v) is 12.4. The van der Waals surface area contributed by atoms with Gasteiger partial charge in [0, 0.05) is 11.5 Å². The van der Waals surface area contributed by atoms with E-state index in [-0.39, 0.29) is 30.0 Å². The fourth-order valence-corrected chi connectivity index (χ4v) is 3.04. The molecular weight excluding hydrogens is 295 g/mol. The molecule has 1 saturated carbocycles. The van der Waals surface area contributed by atoms with Gasteiger partial charge in [0.2, 0.25) is 5.91 Å². The lowest BCUT2D eigenvalue weighted by Gasteiger charge is -2.30. The van der Waals surface area contributed by atoms with Crippen molar-refractivity contribution >= 4 is 5.91 Å². The molecule has 1 aliphatic carbocycles. The minimum absolute atomic E-state index is 0.0313. The summed E-state index contributed by atoms with van der Waals surface area (Å²) in [4.78, 5) is 12.1. The first-order chi connectivity index (χ1) is 10.3. The largest absolute Gasteiger partial charge is 0.416 e. The third-order valence-electron chi connectivity index (χ3n) is 4.45. The van der Waals surface area contributed by atoms with Crippen LogP contribution in [0.5, 0.6) is 0 Å². The predicted molar refractivity (Wildman–Crippen MR) is 76.1 cm³/mol. The second kappa shape index (κ2) is 6.28. The number of benzene rings is 1. The normalized spacial score (nSPS) is 25.2. The summed E-state index contributed by atoms with van der Waals surface area (Å²) in [6.07, 6.45) is -2.35. The third kappa shape index (κ3) is 3.61. The SMILES string of the molecule is C[C@]1(CO)CCC[C@H]1NC(=O)Cc1ccccc1C(F)(F)F. The van der Waals surface area contributed by atoms with Crippen molar-refractivity contribution in [3.63, 3.8) is 0 Å². The van der Waals surface area contributed by atoms with E-state index >= 15 is 0 Å². The molecule has 0 saturated heterocycles. The Morgan fingerprint density at radius 3 is 2.73 bits per heavy atom. The summed E-state index contributed by atoms with van der Waals surface area (Å²) < 4.78 is 38.7. The first-order valence-corrected chi connectivity index (χ1v) is 7.31. The number of carbonyl (C=O) groups excluding carboxylic acids is 1. The van der Waals surface area contributed by atoms with Crippen LogP contribution >= 0.6 is 0 Å². The number of rotatable bonds is 4. The number of nitrogens with one attached hydrogen (secondary N) is 1. The molecule has 0 heterocycles. The summed E-state index contributed by atoms with van der Waals surface area (Å²) in [7, 11) is 0. The maximum Gasteiger partial charge on any atom is 0.416 e. The molecule has 1 aromatic rings. The summed E-state index contributed by atoms with van der Waals surface area (Å²) in [5.41, 5.74) is -1.20. The Kier molecular flexibility index (Phi) is 4.80. The van der Waals surface area contributed by atoms with E-state index in [2.05, 4.69) is 5.32 Å². The Hall–Kier alpha value is -1.56. The van der Waals surface area contributed by atoms with Crippen molar-refractivity contribution in [3.05, 3.63) is 35.4 Å². The van der Waals surface area contributed by atoms with Crippen molar-refractivity contribution in [3.8, 4) is 0 Å². The number of aliphatic hydroxyl groups is 1. The van der Waals surface area contributed by atoms with E-state index in [1.54, 1.807) is 0 Å². The van der Waals surface area contributed by atoms with Gasteiger partial charge < -0.3 is 10.4 Å². The molecule has 3 nitrogen and oxygen atoms in total. The summed E-state index contributed by atoms with van der Waals surface area (Å²) in [5, 5.41) is 12.2. The lowest BCUT2D eigenvalue weighted by Crippen LogP contribution is -2.45. The van der Waals surface area contributed by atoms with Crippen molar-refractivity contribution in [1.29, 1.82) is 0 Å². The molecule has 2 atom stereocenters. The van der Waals surface area contributed by atoms with Crippen molar-refractivity contribution < 1.29 is 23.1 Å². The summed E-state index contributed by atoms with van der Waals surface area (Å²) in [6, 6.07) is 4.91. The van der Waals surface area contributed by atoms with Gasteiger partial charge in [0.15, 0.2) is 0 Å². The highest BCUT2D eigenvalue weighted by Crippen LogP contribution is 2.37. The number of carbonyl (C=O) groups is 1. The highest BCUT2D eigenvalue weighted by Gasteiger charge is 2.39. The van der Waals surface area contributed by atoms with E-state index in [9.17, 15) is 23.1 Å². The molecule has 0 unspecified atom stereocenters. The second-order valence-corrected chi connectivity index (χ2v) is 6.16. The number of alkyl halides is 3. The van der Waals surface area contributed by atoms with Crippen LogP contribution in [0, 0.1) is 5.41 Å². The molecule has 1 fully saturated rings. The number of hydrogen-bond acceptors (Lipinski definition) is 2. The lowest BCUT2D eigenvalue weighted by atomic mass is 9.85. The van der Waals surface area contributed by atoms with Crippen molar-refractivity contribution in [2.45, 2.75) is 44.8 Å². The molecule has 1 aromatic carbocycles. The fraction of sp³-hybridized carbons (Fsp3) is 0.562. The van der Waals surface area contributed by atoms with Crippen LogP contribution in [0.4, 0.5) is 13.2 Å². The zero-order valence-electron chi connectivity index (χ0n) is 12.4. The van der Waals surface area contributed by atoms with Crippen LogP contribution in [-0.2, 0) is 17.4 Å². The Bertz CT molecular complexity index is 544. The van der Waals surface area contributed by atoms with Crippen LogP contribution in [0.1, 0.15) is 37.3 Å². The molecular formula is C16H20F3NO2. The molecule has 0 aromatic heterocycles. The third-order valence-corrected chi connectivity index (χ3v) is 4.45. The molecule has 2 rings (SSSR count). The fourth-order valence-electron chi connectivity index (χ4n) is 3.04. The molecule has 22 heavy (non-hydrogen) atoms. The maximum atomic E-state index is 12.9. The van der Waals surface area contributed by atoms with E-state index in [1.807, 2.05) is 6.92 Å². The zero-order chi connectivity index (χ0) is 16.4. The monoisotopic (exact) mass is 315 g/mol. The Morgan fingerprint density at radius 1 is 1.41 bits per heavy atom. The molecule has 0 bridgehead atoms. The molecule has 122 valence electrons. The number of hydrogen-bond donors (Lipinski definition) is 2. The van der Waals surface area contributed by atoms with Crippen molar-refractivity contribution in [2.75, 3.05) is 6.61 Å². The van der Waals surface area contributed by atoms with Gasteiger partial charge in [-0.1, -0.05) is 31.5 Å². The Balaban J connectivity index is 2.07.